The van der Waals surface area contributed by atoms with Gasteiger partial charge in [-0.1, -0.05) is 6.92 Å². The molecule has 0 N–H and O–H groups in total. The number of alkyl halides is 9. The summed E-state index contributed by atoms with van der Waals surface area (Å²) in [5.41, 5.74) is 0. The molecule has 0 saturated carbocycles. The first-order valence-corrected chi connectivity index (χ1v) is 5.56. The van der Waals surface area contributed by atoms with Crippen molar-refractivity contribution in [1.29, 1.82) is 0 Å². The number of rotatable bonds is 5. The van der Waals surface area contributed by atoms with Crippen molar-refractivity contribution < 1.29 is 44.1 Å². The van der Waals surface area contributed by atoms with Gasteiger partial charge < -0.3 is 0 Å². The van der Waals surface area contributed by atoms with E-state index < -0.39 is 28.6 Å². The highest BCUT2D eigenvalue weighted by Crippen LogP contribution is 2.54. The Hall–Kier alpha value is -1.42. The molecule has 1 aromatic heterocycles. The van der Waals surface area contributed by atoms with Crippen LogP contribution in [-0.2, 0) is 12.6 Å². The van der Waals surface area contributed by atoms with E-state index >= 15 is 0 Å². The van der Waals surface area contributed by atoms with Crippen molar-refractivity contribution in [1.82, 2.24) is 4.57 Å². The van der Waals surface area contributed by atoms with Gasteiger partial charge in [-0.3, -0.25) is 0 Å². The first kappa shape index (κ1) is 17.6. The molecule has 0 atom stereocenters. The Labute approximate surface area is 112 Å². The third kappa shape index (κ3) is 2.69. The highest BCUT2D eigenvalue weighted by atomic mass is 19.4. The Bertz CT molecular complexity index is 489. The Balaban J connectivity index is 3.26. The van der Waals surface area contributed by atoms with E-state index in [4.69, 9.17) is 0 Å². The molecule has 0 unspecified atom stereocenters. The minimum atomic E-state index is -6.89. The quantitative estimate of drug-likeness (QED) is 0.577. The van der Waals surface area contributed by atoms with Gasteiger partial charge in [-0.15, -0.1) is 0 Å². The number of imidazole rings is 1. The highest BCUT2D eigenvalue weighted by molar-refractivity contribution is 4.99. The van der Waals surface area contributed by atoms with E-state index in [0.29, 0.717) is 18.9 Å². The average molecular weight is 329 g/mol. The molecule has 0 aromatic carbocycles. The van der Waals surface area contributed by atoms with Crippen molar-refractivity contribution in [3.8, 4) is 0 Å². The summed E-state index contributed by atoms with van der Waals surface area (Å²) in [7, 11) is 0. The molecule has 0 fully saturated rings. The van der Waals surface area contributed by atoms with E-state index in [2.05, 4.69) is 0 Å². The summed E-state index contributed by atoms with van der Waals surface area (Å²) < 4.78 is 114. The minimum Gasteiger partial charge on any atom is -0.237 e. The molecule has 0 amide bonds. The van der Waals surface area contributed by atoms with Crippen LogP contribution in [0.5, 0.6) is 0 Å². The monoisotopic (exact) mass is 329 g/mol. The zero-order valence-electron chi connectivity index (χ0n) is 10.4. The number of hydrogen-bond donors (Lipinski definition) is 0. The van der Waals surface area contributed by atoms with Gasteiger partial charge >= 0.3 is 24.1 Å². The molecule has 0 saturated heterocycles. The van der Waals surface area contributed by atoms with Crippen LogP contribution >= 0.6 is 0 Å². The Kier molecular flexibility index (Phi) is 4.28. The summed E-state index contributed by atoms with van der Waals surface area (Å²) in [5.74, 6) is -13.5. The van der Waals surface area contributed by atoms with Crippen LogP contribution in [0.2, 0.25) is 0 Å². The van der Waals surface area contributed by atoms with Crippen LogP contribution in [0.4, 0.5) is 39.5 Å². The molecule has 21 heavy (non-hydrogen) atoms. The number of aryl methyl sites for hydroxylation is 1. The standard InChI is InChI=1S/C10H10F9N2/c1-2-3-20-4-5-21(6-20)10(18,19)8(13,14)7(11,12)9(15,16)17/h4-6H,2-3H2,1H3/q+1. The van der Waals surface area contributed by atoms with Gasteiger partial charge in [-0.05, 0) is 6.42 Å². The molecule has 0 radical (unpaired) electrons. The summed E-state index contributed by atoms with van der Waals surface area (Å²) in [6.45, 7) is 1.72. The molecule has 1 heterocycles. The highest BCUT2D eigenvalue weighted by Gasteiger charge is 2.84. The van der Waals surface area contributed by atoms with Gasteiger partial charge in [-0.25, -0.2) is 4.57 Å². The largest absolute Gasteiger partial charge is 0.469 e. The first-order valence-electron chi connectivity index (χ1n) is 5.56. The van der Waals surface area contributed by atoms with Crippen molar-refractivity contribution in [2.24, 2.45) is 0 Å². The van der Waals surface area contributed by atoms with Gasteiger partial charge in [0.25, 0.3) is 0 Å². The summed E-state index contributed by atoms with van der Waals surface area (Å²) in [5, 5.41) is 0. The second-order valence-corrected chi connectivity index (χ2v) is 4.25. The molecule has 0 bridgehead atoms. The fourth-order valence-corrected chi connectivity index (χ4v) is 1.48. The number of aromatic nitrogens is 2. The van der Waals surface area contributed by atoms with Gasteiger partial charge in [-0.2, -0.15) is 44.1 Å². The fourth-order valence-electron chi connectivity index (χ4n) is 1.48. The predicted octanol–water partition coefficient (Wildman–Crippen LogP) is 3.57. The normalized spacial score (nSPS) is 14.6. The Morgan fingerprint density at radius 1 is 0.905 bits per heavy atom. The number of nitrogens with zero attached hydrogens (tertiary/aromatic N) is 2. The van der Waals surface area contributed by atoms with E-state index in [1.807, 2.05) is 0 Å². The van der Waals surface area contributed by atoms with Gasteiger partial charge in [0, 0.05) is 0 Å². The van der Waals surface area contributed by atoms with Gasteiger partial charge in [0.15, 0.2) is 0 Å². The second-order valence-electron chi connectivity index (χ2n) is 4.25. The van der Waals surface area contributed by atoms with Crippen LogP contribution in [0.3, 0.4) is 0 Å². The molecule has 0 aliphatic rings. The molecular weight excluding hydrogens is 319 g/mol. The van der Waals surface area contributed by atoms with Gasteiger partial charge in [0.2, 0.25) is 6.33 Å². The molecular formula is C10H10F9N2+. The Morgan fingerprint density at radius 2 is 1.43 bits per heavy atom. The van der Waals surface area contributed by atoms with Gasteiger partial charge in [0.05, 0.1) is 6.54 Å². The maximum Gasteiger partial charge on any atom is 0.469 e. The first-order chi connectivity index (χ1) is 9.29. The van der Waals surface area contributed by atoms with Crippen molar-refractivity contribution in [2.75, 3.05) is 0 Å². The molecule has 11 heteroatoms. The molecule has 122 valence electrons. The van der Waals surface area contributed by atoms with Crippen LogP contribution in [-0.4, -0.2) is 22.6 Å². The van der Waals surface area contributed by atoms with E-state index in [-0.39, 0.29) is 6.54 Å². The lowest BCUT2D eigenvalue weighted by molar-refractivity contribution is -0.697. The summed E-state index contributed by atoms with van der Waals surface area (Å²) in [4.78, 5) is 0. The third-order valence-electron chi connectivity index (χ3n) is 2.63. The lowest BCUT2D eigenvalue weighted by Crippen LogP contribution is -2.61. The summed E-state index contributed by atoms with van der Waals surface area (Å²) in [6, 6.07) is -5.76. The molecule has 0 aliphatic heterocycles. The zero-order chi connectivity index (χ0) is 16.7. The summed E-state index contributed by atoms with van der Waals surface area (Å²) in [6.07, 6.45) is -4.90. The van der Waals surface area contributed by atoms with Crippen molar-refractivity contribution >= 4 is 0 Å². The van der Waals surface area contributed by atoms with Crippen LogP contribution in [0.15, 0.2) is 18.7 Å². The van der Waals surface area contributed by atoms with E-state index in [1.54, 1.807) is 6.92 Å². The molecule has 2 nitrogen and oxygen atoms in total. The zero-order valence-corrected chi connectivity index (χ0v) is 10.4. The fraction of sp³-hybridized carbons (Fsp3) is 0.700. The van der Waals surface area contributed by atoms with Crippen molar-refractivity contribution in [3.63, 3.8) is 0 Å². The van der Waals surface area contributed by atoms with Gasteiger partial charge in [0.1, 0.15) is 12.4 Å². The van der Waals surface area contributed by atoms with Crippen molar-refractivity contribution in [3.05, 3.63) is 18.7 Å². The SMILES string of the molecule is CCC[n+]1ccn(C(F)(F)C(F)(F)C(F)(F)C(F)(F)F)c1. The van der Waals surface area contributed by atoms with Crippen molar-refractivity contribution in [2.45, 2.75) is 44.0 Å². The van der Waals surface area contributed by atoms with Crippen LogP contribution in [0.25, 0.3) is 0 Å². The third-order valence-corrected chi connectivity index (χ3v) is 2.63. The number of halogens is 9. The lowest BCUT2D eigenvalue weighted by atomic mass is 10.1. The average Bonchev–Trinajstić information content (AvgIpc) is 2.76. The topological polar surface area (TPSA) is 8.81 Å². The minimum absolute atomic E-state index is 0.102. The Morgan fingerprint density at radius 3 is 1.86 bits per heavy atom. The van der Waals surface area contributed by atoms with E-state index in [1.165, 1.54) is 0 Å². The maximum absolute atomic E-state index is 13.4. The lowest BCUT2D eigenvalue weighted by Gasteiger charge is -2.31. The van der Waals surface area contributed by atoms with Crippen LogP contribution < -0.4 is 4.57 Å². The molecule has 0 aliphatic carbocycles. The van der Waals surface area contributed by atoms with E-state index in [0.717, 1.165) is 10.8 Å². The van der Waals surface area contributed by atoms with E-state index in [9.17, 15) is 39.5 Å². The maximum atomic E-state index is 13.4. The second kappa shape index (κ2) is 5.09. The smallest absolute Gasteiger partial charge is 0.237 e. The number of hydrogen-bond acceptors (Lipinski definition) is 0. The molecule has 1 aromatic rings. The van der Waals surface area contributed by atoms with Crippen LogP contribution in [0.1, 0.15) is 13.3 Å². The summed E-state index contributed by atoms with van der Waals surface area (Å²) >= 11 is 0. The van der Waals surface area contributed by atoms with Crippen LogP contribution in [0, 0.1) is 0 Å². The molecule has 1 rings (SSSR count). The predicted molar refractivity (Wildman–Crippen MR) is 51.1 cm³/mol. The molecule has 0 spiro atoms.